The summed E-state index contributed by atoms with van der Waals surface area (Å²) in [5.41, 5.74) is 5.07. The number of allylic oxidation sites excluding steroid dienone is 1. The number of hydrogen-bond acceptors (Lipinski definition) is 7. The topological polar surface area (TPSA) is 90.3 Å². The lowest BCUT2D eigenvalue weighted by atomic mass is 9.95. The summed E-state index contributed by atoms with van der Waals surface area (Å²) in [6, 6.07) is 23.0. The Morgan fingerprint density at radius 3 is 2.59 bits per heavy atom. The van der Waals surface area contributed by atoms with Gasteiger partial charge in [0, 0.05) is 17.1 Å². The number of aryl methyl sites for hydroxylation is 1. The van der Waals surface area contributed by atoms with E-state index in [1.807, 2.05) is 93.6 Å². The lowest BCUT2D eigenvalue weighted by Crippen LogP contribution is -2.31. The van der Waals surface area contributed by atoms with E-state index in [1.54, 1.807) is 11.8 Å². The molecule has 0 bridgehead atoms. The van der Waals surface area contributed by atoms with E-state index in [4.69, 9.17) is 19.6 Å². The number of carbonyl (C=O) groups is 1. The maximum absolute atomic E-state index is 13.8. The third kappa shape index (κ3) is 5.78. The van der Waals surface area contributed by atoms with Crippen LogP contribution in [0.5, 0.6) is 11.5 Å². The molecule has 2 heterocycles. The number of carbonyl (C=O) groups excluding carboxylic acids is 1. The minimum Gasteiger partial charge on any atom is -0.497 e. The smallest absolute Gasteiger partial charge is 0.255 e. The molecule has 0 aliphatic carbocycles. The van der Waals surface area contributed by atoms with Crippen LogP contribution in [0.4, 0.5) is 11.6 Å². The molecule has 39 heavy (non-hydrogen) atoms. The molecule has 0 fully saturated rings. The van der Waals surface area contributed by atoms with Crippen molar-refractivity contribution in [2.24, 2.45) is 0 Å². The van der Waals surface area contributed by atoms with Gasteiger partial charge in [0.25, 0.3) is 5.91 Å². The van der Waals surface area contributed by atoms with Crippen LogP contribution in [0.25, 0.3) is 0 Å². The van der Waals surface area contributed by atoms with Crippen molar-refractivity contribution in [1.29, 1.82) is 0 Å². The second-order valence-electron chi connectivity index (χ2n) is 9.14. The molecule has 1 atom stereocenters. The molecule has 1 aliphatic rings. The summed E-state index contributed by atoms with van der Waals surface area (Å²) in [4.78, 5) is 18.5. The van der Waals surface area contributed by atoms with Crippen LogP contribution in [-0.4, -0.2) is 34.4 Å². The van der Waals surface area contributed by atoms with Gasteiger partial charge in [0.15, 0.2) is 0 Å². The Balaban J connectivity index is 1.48. The minimum absolute atomic E-state index is 0.195. The number of rotatable bonds is 9. The van der Waals surface area contributed by atoms with Crippen LogP contribution in [0.3, 0.4) is 0 Å². The Bertz CT molecular complexity index is 1510. The molecule has 0 spiro atoms. The molecule has 3 aromatic carbocycles. The van der Waals surface area contributed by atoms with Crippen LogP contribution in [-0.2, 0) is 10.5 Å². The molecule has 1 aromatic heterocycles. The first-order valence-corrected chi connectivity index (χ1v) is 13.7. The molecule has 1 amide bonds. The zero-order chi connectivity index (χ0) is 27.4. The number of fused-ring (bicyclic) bond motifs is 1. The number of anilines is 2. The maximum Gasteiger partial charge on any atom is 0.255 e. The largest absolute Gasteiger partial charge is 0.497 e. The highest BCUT2D eigenvalue weighted by Gasteiger charge is 2.34. The number of benzene rings is 3. The zero-order valence-electron chi connectivity index (χ0n) is 22.4. The molecule has 0 saturated carbocycles. The van der Waals surface area contributed by atoms with Crippen LogP contribution in [0.15, 0.2) is 89.2 Å². The number of nitrogens with one attached hydrogen (secondary N) is 2. The Morgan fingerprint density at radius 2 is 1.85 bits per heavy atom. The van der Waals surface area contributed by atoms with Crippen LogP contribution in [0, 0.1) is 6.92 Å². The summed E-state index contributed by atoms with van der Waals surface area (Å²) in [5, 5.41) is 11.9. The van der Waals surface area contributed by atoms with Crippen molar-refractivity contribution in [3.63, 3.8) is 0 Å². The Kier molecular flexibility index (Phi) is 7.88. The van der Waals surface area contributed by atoms with Gasteiger partial charge in [-0.05, 0) is 67.8 Å². The fraction of sp³-hybridized carbons (Fsp3) is 0.233. The van der Waals surface area contributed by atoms with E-state index in [1.165, 1.54) is 11.8 Å². The summed E-state index contributed by atoms with van der Waals surface area (Å²) in [6.45, 7) is 6.40. The lowest BCUT2D eigenvalue weighted by molar-refractivity contribution is -0.113. The predicted octanol–water partition coefficient (Wildman–Crippen LogP) is 6.21. The molecular formula is C30H31N5O3S. The average molecular weight is 542 g/mol. The van der Waals surface area contributed by atoms with Gasteiger partial charge >= 0.3 is 0 Å². The highest BCUT2D eigenvalue weighted by molar-refractivity contribution is 7.98. The summed E-state index contributed by atoms with van der Waals surface area (Å²) < 4.78 is 12.8. The number of amides is 1. The molecule has 2 N–H and O–H groups in total. The standard InChI is InChI=1S/C30H31N5O3S/c1-5-38-23-15-13-22(14-16-23)27-26(28(36)32-25-12-7-6-9-19(25)2)20(3)31-29-33-30(34-35(27)29)39-18-21-10-8-11-24(17-21)37-4/h6-17,27H,5,18H2,1-4H3,(H,32,36)(H,31,33,34)/t27-/m0/s1. The Labute approximate surface area is 232 Å². The Hall–Kier alpha value is -4.24. The summed E-state index contributed by atoms with van der Waals surface area (Å²) in [7, 11) is 1.66. The predicted molar refractivity (Wildman–Crippen MR) is 154 cm³/mol. The molecule has 200 valence electrons. The van der Waals surface area contributed by atoms with E-state index >= 15 is 0 Å². The molecule has 5 rings (SSSR count). The maximum atomic E-state index is 13.8. The van der Waals surface area contributed by atoms with Gasteiger partial charge in [0.2, 0.25) is 11.1 Å². The first-order valence-electron chi connectivity index (χ1n) is 12.8. The third-order valence-corrected chi connectivity index (χ3v) is 7.39. The molecule has 1 aliphatic heterocycles. The highest BCUT2D eigenvalue weighted by atomic mass is 32.2. The second kappa shape index (κ2) is 11.7. The van der Waals surface area contributed by atoms with E-state index in [9.17, 15) is 4.79 Å². The molecule has 0 saturated heterocycles. The molecule has 8 nitrogen and oxygen atoms in total. The van der Waals surface area contributed by atoms with Crippen LogP contribution in [0.1, 0.15) is 36.6 Å². The molecular weight excluding hydrogens is 510 g/mol. The Morgan fingerprint density at radius 1 is 1.05 bits per heavy atom. The van der Waals surface area contributed by atoms with Gasteiger partial charge in [-0.3, -0.25) is 4.79 Å². The lowest BCUT2D eigenvalue weighted by Gasteiger charge is -2.29. The number of hydrogen-bond donors (Lipinski definition) is 2. The number of methoxy groups -OCH3 is 1. The van der Waals surface area contributed by atoms with Gasteiger partial charge in [-0.2, -0.15) is 4.98 Å². The number of thioether (sulfide) groups is 1. The number of aromatic nitrogens is 3. The first-order chi connectivity index (χ1) is 19.0. The molecule has 4 aromatic rings. The fourth-order valence-electron chi connectivity index (χ4n) is 4.52. The second-order valence-corrected chi connectivity index (χ2v) is 10.1. The SMILES string of the molecule is CCOc1ccc([C@H]2C(C(=O)Nc3ccccc3C)=C(C)Nc3nc(SCc4cccc(OC)c4)nn32)cc1. The van der Waals surface area contributed by atoms with Crippen molar-refractivity contribution in [3.05, 3.63) is 101 Å². The van der Waals surface area contributed by atoms with Crippen molar-refractivity contribution in [2.75, 3.05) is 24.4 Å². The van der Waals surface area contributed by atoms with Gasteiger partial charge in [0.1, 0.15) is 17.5 Å². The third-order valence-electron chi connectivity index (χ3n) is 6.48. The zero-order valence-corrected chi connectivity index (χ0v) is 23.2. The van der Waals surface area contributed by atoms with Crippen LogP contribution >= 0.6 is 11.8 Å². The van der Waals surface area contributed by atoms with Gasteiger partial charge in [0.05, 0.1) is 19.3 Å². The van der Waals surface area contributed by atoms with Gasteiger partial charge in [-0.1, -0.05) is 54.2 Å². The van der Waals surface area contributed by atoms with E-state index < -0.39 is 6.04 Å². The molecule has 9 heteroatoms. The quantitative estimate of drug-likeness (QED) is 0.243. The van der Waals surface area contributed by atoms with Gasteiger partial charge in [-0.25, -0.2) is 4.68 Å². The minimum atomic E-state index is -0.473. The number of para-hydroxylation sites is 1. The van der Waals surface area contributed by atoms with Crippen molar-refractivity contribution in [2.45, 2.75) is 37.7 Å². The van der Waals surface area contributed by atoms with Crippen molar-refractivity contribution < 1.29 is 14.3 Å². The van der Waals surface area contributed by atoms with E-state index in [2.05, 4.69) is 10.6 Å². The normalized spacial score (nSPS) is 14.4. The summed E-state index contributed by atoms with van der Waals surface area (Å²) in [5.74, 6) is 2.66. The average Bonchev–Trinajstić information content (AvgIpc) is 3.35. The first kappa shape index (κ1) is 26.4. The van der Waals surface area contributed by atoms with Gasteiger partial charge in [-0.15, -0.1) is 5.10 Å². The van der Waals surface area contributed by atoms with Crippen LogP contribution < -0.4 is 20.1 Å². The van der Waals surface area contributed by atoms with Crippen LogP contribution in [0.2, 0.25) is 0 Å². The molecule has 0 unspecified atom stereocenters. The fourth-order valence-corrected chi connectivity index (χ4v) is 5.29. The van der Waals surface area contributed by atoms with Crippen molar-refractivity contribution in [3.8, 4) is 11.5 Å². The summed E-state index contributed by atoms with van der Waals surface area (Å²) in [6.07, 6.45) is 0. The molecule has 0 radical (unpaired) electrons. The van der Waals surface area contributed by atoms with E-state index in [0.29, 0.717) is 29.0 Å². The number of nitrogens with zero attached hydrogens (tertiary/aromatic N) is 3. The van der Waals surface area contributed by atoms with Crippen molar-refractivity contribution in [1.82, 2.24) is 14.8 Å². The number of ether oxygens (including phenoxy) is 2. The van der Waals surface area contributed by atoms with Gasteiger partial charge < -0.3 is 20.1 Å². The summed E-state index contributed by atoms with van der Waals surface area (Å²) >= 11 is 1.53. The van der Waals surface area contributed by atoms with E-state index in [0.717, 1.165) is 39.6 Å². The highest BCUT2D eigenvalue weighted by Crippen LogP contribution is 2.37. The van der Waals surface area contributed by atoms with Crippen molar-refractivity contribution >= 4 is 29.3 Å². The van der Waals surface area contributed by atoms with E-state index in [-0.39, 0.29) is 5.91 Å². The monoisotopic (exact) mass is 541 g/mol.